The van der Waals surface area contributed by atoms with Crippen LogP contribution in [0.1, 0.15) is 13.8 Å². The summed E-state index contributed by atoms with van der Waals surface area (Å²) in [4.78, 5) is 0. The van der Waals surface area contributed by atoms with Crippen molar-refractivity contribution in [3.05, 3.63) is 19.9 Å². The fourth-order valence-electron chi connectivity index (χ4n) is 1.10. The van der Waals surface area contributed by atoms with Crippen molar-refractivity contribution >= 4 is 31.1 Å². The van der Waals surface area contributed by atoms with E-state index in [1.807, 2.05) is 0 Å². The van der Waals surface area contributed by atoms with Crippen molar-refractivity contribution in [2.24, 2.45) is 0 Å². The number of thioether (sulfide) groups is 2. The number of allylic oxidation sites excluding steroid dienone is 1. The molecule has 1 aliphatic rings. The Bertz CT molecular complexity index is 490. The Morgan fingerprint density at radius 2 is 1.89 bits per heavy atom. The third-order valence-corrected chi connectivity index (χ3v) is 6.92. The van der Waals surface area contributed by atoms with Crippen LogP contribution in [0, 0.1) is 22.7 Å². The van der Waals surface area contributed by atoms with Crippen LogP contribution in [0.4, 0.5) is 0 Å². The van der Waals surface area contributed by atoms with Gasteiger partial charge in [-0.3, -0.25) is 4.57 Å². The van der Waals surface area contributed by atoms with Crippen molar-refractivity contribution < 1.29 is 13.6 Å². The Morgan fingerprint density at radius 1 is 1.33 bits per heavy atom. The van der Waals surface area contributed by atoms with Gasteiger partial charge in [0.05, 0.1) is 17.5 Å². The molecule has 5 nitrogen and oxygen atoms in total. The maximum Gasteiger partial charge on any atom is 0.368 e. The molecule has 18 heavy (non-hydrogen) atoms. The van der Waals surface area contributed by atoms with Gasteiger partial charge < -0.3 is 9.05 Å². The van der Waals surface area contributed by atoms with Crippen molar-refractivity contribution in [2.45, 2.75) is 13.8 Å². The molecule has 0 fully saturated rings. The van der Waals surface area contributed by atoms with Gasteiger partial charge in [-0.15, -0.1) is 0 Å². The molecule has 8 heteroatoms. The summed E-state index contributed by atoms with van der Waals surface area (Å²) < 4.78 is 23.7. The molecule has 1 aliphatic heterocycles. The van der Waals surface area contributed by atoms with E-state index in [1.54, 1.807) is 31.4 Å². The van der Waals surface area contributed by atoms with E-state index in [0.29, 0.717) is 8.88 Å². The highest BCUT2D eigenvalue weighted by Crippen LogP contribution is 2.66. The van der Waals surface area contributed by atoms with Crippen LogP contribution in [0.5, 0.6) is 0 Å². The Hall–Kier alpha value is -0.690. The van der Waals surface area contributed by atoms with Crippen LogP contribution in [0.15, 0.2) is 19.9 Å². The van der Waals surface area contributed by atoms with E-state index in [4.69, 9.17) is 19.6 Å². The zero-order valence-electron chi connectivity index (χ0n) is 9.87. The van der Waals surface area contributed by atoms with Gasteiger partial charge in [-0.25, -0.2) is 0 Å². The van der Waals surface area contributed by atoms with Crippen molar-refractivity contribution in [1.82, 2.24) is 0 Å². The van der Waals surface area contributed by atoms with Crippen molar-refractivity contribution in [3.8, 4) is 12.1 Å². The first-order chi connectivity index (χ1) is 8.61. The van der Waals surface area contributed by atoms with Crippen LogP contribution in [0.25, 0.3) is 0 Å². The lowest BCUT2D eigenvalue weighted by atomic mass is 10.4. The number of nitrogens with zero attached hydrogens (tertiary/aromatic N) is 2. The highest BCUT2D eigenvalue weighted by Gasteiger charge is 2.35. The van der Waals surface area contributed by atoms with E-state index >= 15 is 0 Å². The molecule has 0 saturated heterocycles. The van der Waals surface area contributed by atoms with Gasteiger partial charge in [-0.2, -0.15) is 10.5 Å². The quantitative estimate of drug-likeness (QED) is 0.564. The Balaban J connectivity index is 2.95. The molecule has 0 aliphatic carbocycles. The largest absolute Gasteiger partial charge is 0.368 e. The monoisotopic (exact) mass is 302 g/mol. The lowest BCUT2D eigenvalue weighted by Crippen LogP contribution is -1.95. The van der Waals surface area contributed by atoms with Crippen LogP contribution < -0.4 is 0 Å². The van der Waals surface area contributed by atoms with E-state index < -0.39 is 7.60 Å². The average molecular weight is 302 g/mol. The summed E-state index contributed by atoms with van der Waals surface area (Å²) in [6, 6.07) is 3.60. The van der Waals surface area contributed by atoms with E-state index in [0.717, 1.165) is 11.8 Å². The van der Waals surface area contributed by atoms with Crippen molar-refractivity contribution in [2.75, 3.05) is 13.2 Å². The first kappa shape index (κ1) is 15.4. The third kappa shape index (κ3) is 3.41. The standard InChI is InChI=1S/C10H11N2O3PS2/c1-3-14-16(13,15-4-2)9-7-17-10(18-9)8(5-11)6-12/h7H,3-4H2,1-2H3. The summed E-state index contributed by atoms with van der Waals surface area (Å²) in [5.41, 5.74) is 0.01000. The van der Waals surface area contributed by atoms with E-state index in [-0.39, 0.29) is 18.8 Å². The van der Waals surface area contributed by atoms with Crippen LogP contribution in [-0.4, -0.2) is 13.2 Å². The van der Waals surface area contributed by atoms with Gasteiger partial charge in [-0.05, 0) is 19.3 Å². The van der Waals surface area contributed by atoms with Gasteiger partial charge in [0.25, 0.3) is 0 Å². The molecule has 0 aromatic heterocycles. The number of hydrogen-bond donors (Lipinski definition) is 0. The Kier molecular flexibility index (Phi) is 6.01. The molecule has 0 saturated carbocycles. The van der Waals surface area contributed by atoms with Crippen molar-refractivity contribution in [1.29, 1.82) is 10.5 Å². The summed E-state index contributed by atoms with van der Waals surface area (Å²) in [6.07, 6.45) is 0. The minimum Gasteiger partial charge on any atom is -0.305 e. The van der Waals surface area contributed by atoms with Gasteiger partial charge in [0, 0.05) is 0 Å². The van der Waals surface area contributed by atoms with Crippen LogP contribution in [0.2, 0.25) is 0 Å². The maximum absolute atomic E-state index is 12.4. The first-order valence-corrected chi connectivity index (χ1v) is 8.34. The summed E-state index contributed by atoms with van der Waals surface area (Å²) in [5.74, 6) is 0. The Labute approximate surface area is 114 Å². The number of hydrogen-bond acceptors (Lipinski definition) is 7. The second kappa shape index (κ2) is 7.04. The molecule has 0 radical (unpaired) electrons. The fraction of sp³-hybridized carbons (Fsp3) is 0.400. The summed E-state index contributed by atoms with van der Waals surface area (Å²) in [5, 5.41) is 19.2. The number of nitriles is 2. The summed E-state index contributed by atoms with van der Waals surface area (Å²) in [7, 11) is -3.31. The predicted molar refractivity (Wildman–Crippen MR) is 72.4 cm³/mol. The minimum absolute atomic E-state index is 0.01000. The molecule has 0 aromatic rings. The van der Waals surface area contributed by atoms with Gasteiger partial charge in [0.2, 0.25) is 0 Å². The molecule has 0 spiro atoms. The molecule has 96 valence electrons. The molecule has 0 bridgehead atoms. The lowest BCUT2D eigenvalue weighted by molar-refractivity contribution is 0.228. The van der Waals surface area contributed by atoms with Gasteiger partial charge in [0.1, 0.15) is 22.4 Å². The first-order valence-electron chi connectivity index (χ1n) is 5.10. The zero-order valence-corrected chi connectivity index (χ0v) is 12.4. The lowest BCUT2D eigenvalue weighted by Gasteiger charge is -2.16. The van der Waals surface area contributed by atoms with Crippen LogP contribution in [-0.2, 0) is 13.6 Å². The second-order valence-electron chi connectivity index (χ2n) is 2.90. The molecule has 0 amide bonds. The van der Waals surface area contributed by atoms with Crippen LogP contribution >= 0.6 is 31.1 Å². The summed E-state index contributed by atoms with van der Waals surface area (Å²) in [6.45, 7) is 3.99. The van der Waals surface area contributed by atoms with E-state index in [9.17, 15) is 4.57 Å². The Morgan fingerprint density at radius 3 is 2.33 bits per heavy atom. The predicted octanol–water partition coefficient (Wildman–Crippen LogP) is 3.79. The van der Waals surface area contributed by atoms with E-state index in [1.165, 1.54) is 11.8 Å². The molecule has 1 rings (SSSR count). The fourth-order valence-corrected chi connectivity index (χ4v) is 5.75. The molecule has 0 unspecified atom stereocenters. The molecular formula is C10H11N2O3PS2. The molecule has 0 N–H and O–H groups in total. The average Bonchev–Trinajstić information content (AvgIpc) is 2.81. The molecule has 1 heterocycles. The third-order valence-electron chi connectivity index (χ3n) is 1.76. The summed E-state index contributed by atoms with van der Waals surface area (Å²) >= 11 is 2.29. The smallest absolute Gasteiger partial charge is 0.305 e. The highest BCUT2D eigenvalue weighted by molar-refractivity contribution is 8.30. The molecular weight excluding hydrogens is 291 g/mol. The normalized spacial score (nSPS) is 14.9. The highest BCUT2D eigenvalue weighted by atomic mass is 32.2. The topological polar surface area (TPSA) is 83.1 Å². The zero-order chi connectivity index (χ0) is 13.6. The molecule has 0 atom stereocenters. The molecule has 0 aromatic carbocycles. The SMILES string of the molecule is CCOP(=O)(OCC)C1=CSC(=C(C#N)C#N)S1. The van der Waals surface area contributed by atoms with Crippen LogP contribution in [0.3, 0.4) is 0 Å². The number of rotatable bonds is 5. The maximum atomic E-state index is 12.4. The second-order valence-corrected chi connectivity index (χ2v) is 7.38. The van der Waals surface area contributed by atoms with Gasteiger partial charge in [-0.1, -0.05) is 23.5 Å². The van der Waals surface area contributed by atoms with Gasteiger partial charge >= 0.3 is 7.60 Å². The van der Waals surface area contributed by atoms with Crippen molar-refractivity contribution in [3.63, 3.8) is 0 Å². The van der Waals surface area contributed by atoms with E-state index in [2.05, 4.69) is 0 Å². The van der Waals surface area contributed by atoms with Gasteiger partial charge in [0.15, 0.2) is 0 Å². The minimum atomic E-state index is -3.31.